The number of hydrogen-bond donors (Lipinski definition) is 1. The highest BCUT2D eigenvalue weighted by Crippen LogP contribution is 2.23. The van der Waals surface area contributed by atoms with Gasteiger partial charge in [0.1, 0.15) is 5.75 Å². The Labute approximate surface area is 162 Å². The summed E-state index contributed by atoms with van der Waals surface area (Å²) in [7, 11) is 1.65. The molecule has 0 spiro atoms. The molecule has 144 valence electrons. The van der Waals surface area contributed by atoms with E-state index in [9.17, 15) is 4.79 Å². The van der Waals surface area contributed by atoms with Crippen LogP contribution in [0.15, 0.2) is 54.6 Å². The summed E-state index contributed by atoms with van der Waals surface area (Å²) in [6.45, 7) is 4.56. The number of piperidine rings is 1. The largest absolute Gasteiger partial charge is 0.497 e. The van der Waals surface area contributed by atoms with Gasteiger partial charge in [-0.05, 0) is 68.5 Å². The molecule has 1 aliphatic rings. The lowest BCUT2D eigenvalue weighted by atomic mass is 9.89. The molecule has 1 saturated heterocycles. The molecule has 3 rings (SSSR count). The van der Waals surface area contributed by atoms with Crippen molar-refractivity contribution in [3.05, 3.63) is 65.7 Å². The second kappa shape index (κ2) is 9.56. The van der Waals surface area contributed by atoms with E-state index in [1.165, 1.54) is 5.56 Å². The number of amides is 1. The Kier molecular flexibility index (Phi) is 6.88. The normalized spacial score (nSPS) is 16.7. The van der Waals surface area contributed by atoms with E-state index in [0.717, 1.165) is 49.6 Å². The summed E-state index contributed by atoms with van der Waals surface area (Å²) < 4.78 is 5.16. The Morgan fingerprint density at radius 2 is 1.74 bits per heavy atom. The van der Waals surface area contributed by atoms with Crippen LogP contribution >= 0.6 is 0 Å². The van der Waals surface area contributed by atoms with E-state index in [2.05, 4.69) is 40.5 Å². The van der Waals surface area contributed by atoms with Crippen molar-refractivity contribution < 1.29 is 9.53 Å². The molecule has 1 aliphatic heterocycles. The van der Waals surface area contributed by atoms with Gasteiger partial charge in [0, 0.05) is 6.54 Å². The summed E-state index contributed by atoms with van der Waals surface area (Å²) in [5, 5.41) is 3.06. The van der Waals surface area contributed by atoms with Gasteiger partial charge in [0.05, 0.1) is 13.2 Å². The lowest BCUT2D eigenvalue weighted by molar-refractivity contribution is -0.126. The van der Waals surface area contributed by atoms with Gasteiger partial charge in [-0.3, -0.25) is 9.69 Å². The number of carbonyl (C=O) groups is 1. The fourth-order valence-corrected chi connectivity index (χ4v) is 3.74. The summed E-state index contributed by atoms with van der Waals surface area (Å²) in [5.41, 5.74) is 2.50. The van der Waals surface area contributed by atoms with Gasteiger partial charge in [-0.25, -0.2) is 0 Å². The van der Waals surface area contributed by atoms with Crippen LogP contribution in [-0.4, -0.2) is 37.0 Å². The first-order valence-corrected chi connectivity index (χ1v) is 9.84. The van der Waals surface area contributed by atoms with Crippen LogP contribution in [0.3, 0.4) is 0 Å². The van der Waals surface area contributed by atoms with Crippen molar-refractivity contribution in [3.8, 4) is 5.75 Å². The highest BCUT2D eigenvalue weighted by atomic mass is 16.5. The van der Waals surface area contributed by atoms with Crippen molar-refractivity contribution in [2.75, 3.05) is 20.2 Å². The van der Waals surface area contributed by atoms with Crippen molar-refractivity contribution in [2.45, 2.75) is 38.8 Å². The second-order valence-electron chi connectivity index (χ2n) is 7.41. The van der Waals surface area contributed by atoms with Gasteiger partial charge in [-0.2, -0.15) is 0 Å². The molecule has 4 nitrogen and oxygen atoms in total. The first-order valence-electron chi connectivity index (χ1n) is 9.84. The maximum atomic E-state index is 12.5. The Balaban J connectivity index is 1.42. The molecule has 0 unspecified atom stereocenters. The molecule has 0 radical (unpaired) electrons. The molecule has 0 aromatic heterocycles. The predicted octanol–water partition coefficient (Wildman–Crippen LogP) is 3.65. The Hall–Kier alpha value is -2.33. The van der Waals surface area contributed by atoms with E-state index >= 15 is 0 Å². The Morgan fingerprint density at radius 3 is 2.37 bits per heavy atom. The molecule has 1 fully saturated rings. The summed E-state index contributed by atoms with van der Waals surface area (Å²) in [6.07, 6.45) is 3.46. The van der Waals surface area contributed by atoms with Gasteiger partial charge in [0.15, 0.2) is 0 Å². The molecule has 0 saturated carbocycles. The molecule has 2 aromatic rings. The molecule has 2 aromatic carbocycles. The van der Waals surface area contributed by atoms with Crippen LogP contribution in [-0.2, 0) is 17.8 Å². The highest BCUT2D eigenvalue weighted by Gasteiger charge is 2.26. The molecular formula is C23H30N2O2. The number of likely N-dealkylation sites (tertiary alicyclic amines) is 1. The smallest absolute Gasteiger partial charge is 0.237 e. The van der Waals surface area contributed by atoms with Gasteiger partial charge in [-0.15, -0.1) is 0 Å². The quantitative estimate of drug-likeness (QED) is 0.813. The van der Waals surface area contributed by atoms with Crippen LogP contribution in [0.2, 0.25) is 0 Å². The first kappa shape index (κ1) is 19.4. The van der Waals surface area contributed by atoms with E-state index in [1.54, 1.807) is 7.11 Å². The number of nitrogens with zero attached hydrogens (tertiary/aromatic N) is 1. The zero-order chi connectivity index (χ0) is 19.1. The number of hydrogen-bond acceptors (Lipinski definition) is 3. The zero-order valence-electron chi connectivity index (χ0n) is 16.4. The van der Waals surface area contributed by atoms with Crippen molar-refractivity contribution >= 4 is 5.91 Å². The number of benzene rings is 2. The third kappa shape index (κ3) is 5.57. The predicted molar refractivity (Wildman–Crippen MR) is 109 cm³/mol. The molecule has 1 N–H and O–H groups in total. The lowest BCUT2D eigenvalue weighted by Gasteiger charge is -2.35. The third-order valence-corrected chi connectivity index (χ3v) is 5.57. The van der Waals surface area contributed by atoms with Crippen molar-refractivity contribution in [1.82, 2.24) is 10.2 Å². The van der Waals surface area contributed by atoms with Crippen LogP contribution in [0.1, 0.15) is 30.9 Å². The second-order valence-corrected chi connectivity index (χ2v) is 7.41. The van der Waals surface area contributed by atoms with Gasteiger partial charge in [-0.1, -0.05) is 42.5 Å². The van der Waals surface area contributed by atoms with Crippen molar-refractivity contribution in [1.29, 1.82) is 0 Å². The average molecular weight is 367 g/mol. The molecular weight excluding hydrogens is 336 g/mol. The van der Waals surface area contributed by atoms with Gasteiger partial charge >= 0.3 is 0 Å². The topological polar surface area (TPSA) is 41.6 Å². The van der Waals surface area contributed by atoms with E-state index in [-0.39, 0.29) is 11.9 Å². The maximum absolute atomic E-state index is 12.5. The summed E-state index contributed by atoms with van der Waals surface area (Å²) in [4.78, 5) is 14.8. The molecule has 0 bridgehead atoms. The summed E-state index contributed by atoms with van der Waals surface area (Å²) in [5.74, 6) is 1.65. The van der Waals surface area contributed by atoms with E-state index in [4.69, 9.17) is 4.74 Å². The molecule has 1 atom stereocenters. The third-order valence-electron chi connectivity index (χ3n) is 5.57. The van der Waals surface area contributed by atoms with Crippen LogP contribution in [0.4, 0.5) is 0 Å². The summed E-state index contributed by atoms with van der Waals surface area (Å²) >= 11 is 0. The van der Waals surface area contributed by atoms with Crippen LogP contribution < -0.4 is 10.1 Å². The summed E-state index contributed by atoms with van der Waals surface area (Å²) in [6, 6.07) is 18.4. The molecule has 1 amide bonds. The number of rotatable bonds is 7. The minimum atomic E-state index is -0.0825. The first-order chi connectivity index (χ1) is 13.2. The monoisotopic (exact) mass is 366 g/mol. The van der Waals surface area contributed by atoms with E-state index < -0.39 is 0 Å². The molecule has 0 aliphatic carbocycles. The molecule has 1 heterocycles. The lowest BCUT2D eigenvalue weighted by Crippen LogP contribution is -2.48. The van der Waals surface area contributed by atoms with Crippen molar-refractivity contribution in [2.24, 2.45) is 5.92 Å². The van der Waals surface area contributed by atoms with E-state index in [1.807, 2.05) is 31.2 Å². The average Bonchev–Trinajstić information content (AvgIpc) is 2.73. The van der Waals surface area contributed by atoms with Crippen molar-refractivity contribution in [3.63, 3.8) is 0 Å². The number of carbonyl (C=O) groups excluding carboxylic acids is 1. The van der Waals surface area contributed by atoms with Crippen LogP contribution in [0, 0.1) is 5.92 Å². The Morgan fingerprint density at radius 1 is 1.07 bits per heavy atom. The zero-order valence-corrected chi connectivity index (χ0v) is 16.4. The minimum absolute atomic E-state index is 0.0825. The number of methoxy groups -OCH3 is 1. The standard InChI is InChI=1S/C23H30N2O2/c1-18(23(26)24-17-21-8-10-22(27-2)11-9-21)25-14-12-20(13-15-25)16-19-6-4-3-5-7-19/h3-11,18,20H,12-17H2,1-2H3,(H,24,26)/t18-/m1/s1. The highest BCUT2D eigenvalue weighted by molar-refractivity contribution is 5.81. The van der Waals surface area contributed by atoms with E-state index in [0.29, 0.717) is 6.54 Å². The fraction of sp³-hybridized carbons (Fsp3) is 0.435. The van der Waals surface area contributed by atoms with Gasteiger partial charge in [0.25, 0.3) is 0 Å². The van der Waals surface area contributed by atoms with Gasteiger partial charge in [0.2, 0.25) is 5.91 Å². The molecule has 27 heavy (non-hydrogen) atoms. The van der Waals surface area contributed by atoms with Crippen LogP contribution in [0.5, 0.6) is 5.75 Å². The fourth-order valence-electron chi connectivity index (χ4n) is 3.74. The number of nitrogens with one attached hydrogen (secondary N) is 1. The number of ether oxygens (including phenoxy) is 1. The minimum Gasteiger partial charge on any atom is -0.497 e. The SMILES string of the molecule is COc1ccc(CNC(=O)[C@@H](C)N2CCC(Cc3ccccc3)CC2)cc1. The Bertz CT molecular complexity index is 707. The van der Waals surface area contributed by atoms with Gasteiger partial charge < -0.3 is 10.1 Å². The van der Waals surface area contributed by atoms with Crippen LogP contribution in [0.25, 0.3) is 0 Å². The molecule has 4 heteroatoms. The maximum Gasteiger partial charge on any atom is 0.237 e.